The van der Waals surface area contributed by atoms with Gasteiger partial charge in [-0.15, -0.1) is 0 Å². The molecule has 0 amide bonds. The molecule has 0 saturated carbocycles. The van der Waals surface area contributed by atoms with Crippen molar-refractivity contribution in [3.05, 3.63) is 90.6 Å². The second kappa shape index (κ2) is 9.69. The van der Waals surface area contributed by atoms with E-state index in [2.05, 4.69) is 4.99 Å². The summed E-state index contributed by atoms with van der Waals surface area (Å²) in [6.07, 6.45) is 1.85. The Morgan fingerprint density at radius 1 is 1.18 bits per heavy atom. The average molecular weight is 478 g/mol. The lowest BCUT2D eigenvalue weighted by molar-refractivity contribution is -0.139. The Balaban J connectivity index is 1.93. The van der Waals surface area contributed by atoms with Crippen molar-refractivity contribution in [2.24, 2.45) is 4.99 Å². The van der Waals surface area contributed by atoms with E-state index >= 15 is 0 Å². The summed E-state index contributed by atoms with van der Waals surface area (Å²) in [5, 5.41) is 0. The summed E-state index contributed by atoms with van der Waals surface area (Å²) < 4.78 is 13.0. The van der Waals surface area contributed by atoms with Crippen LogP contribution in [0.2, 0.25) is 0 Å². The van der Waals surface area contributed by atoms with E-state index in [9.17, 15) is 9.59 Å². The lowest BCUT2D eigenvalue weighted by Gasteiger charge is -2.25. The molecule has 1 aliphatic rings. The van der Waals surface area contributed by atoms with E-state index < -0.39 is 12.0 Å². The number of aromatic nitrogens is 1. The molecular formula is C26H27N3O4S. The summed E-state index contributed by atoms with van der Waals surface area (Å²) in [5.74, 6) is 0.0889. The lowest BCUT2D eigenvalue weighted by Crippen LogP contribution is -2.40. The molecule has 0 spiro atoms. The highest BCUT2D eigenvalue weighted by molar-refractivity contribution is 7.07. The van der Waals surface area contributed by atoms with Crippen LogP contribution in [-0.4, -0.2) is 38.3 Å². The first-order valence-corrected chi connectivity index (χ1v) is 11.8. The van der Waals surface area contributed by atoms with Crippen LogP contribution in [0.3, 0.4) is 0 Å². The Labute approximate surface area is 201 Å². The van der Waals surface area contributed by atoms with Crippen LogP contribution in [0.5, 0.6) is 5.75 Å². The van der Waals surface area contributed by atoms with Crippen LogP contribution in [0.4, 0.5) is 5.69 Å². The van der Waals surface area contributed by atoms with Crippen LogP contribution in [0.15, 0.2) is 69.6 Å². The van der Waals surface area contributed by atoms with E-state index in [4.69, 9.17) is 9.47 Å². The maximum atomic E-state index is 13.7. The SMILES string of the molecule is CCOC(=O)C1=C(C)N=c2s/c(=C\c3ccc(N(C)C)cc3)c(=O)n2C1c1ccccc1OC. The number of hydrogen-bond acceptors (Lipinski definition) is 7. The monoisotopic (exact) mass is 477 g/mol. The van der Waals surface area contributed by atoms with E-state index in [0.29, 0.717) is 31.9 Å². The fourth-order valence-electron chi connectivity index (χ4n) is 4.00. The van der Waals surface area contributed by atoms with Gasteiger partial charge in [-0.25, -0.2) is 9.79 Å². The Bertz CT molecular complexity index is 1430. The number of nitrogens with zero attached hydrogens (tertiary/aromatic N) is 3. The van der Waals surface area contributed by atoms with Gasteiger partial charge in [0.2, 0.25) is 0 Å². The van der Waals surface area contributed by atoms with Crippen LogP contribution >= 0.6 is 11.3 Å². The van der Waals surface area contributed by atoms with Crippen molar-refractivity contribution in [1.29, 1.82) is 0 Å². The van der Waals surface area contributed by atoms with E-state index in [-0.39, 0.29) is 12.2 Å². The Morgan fingerprint density at radius 3 is 2.53 bits per heavy atom. The minimum atomic E-state index is -0.704. The molecule has 0 aliphatic carbocycles. The number of esters is 1. The molecule has 7 nitrogen and oxygen atoms in total. The number of methoxy groups -OCH3 is 1. The fourth-order valence-corrected chi connectivity index (χ4v) is 5.04. The van der Waals surface area contributed by atoms with Crippen LogP contribution in [0, 0.1) is 0 Å². The number of ether oxygens (including phenoxy) is 2. The van der Waals surface area contributed by atoms with Gasteiger partial charge in [-0.1, -0.05) is 41.7 Å². The molecular weight excluding hydrogens is 450 g/mol. The zero-order chi connectivity index (χ0) is 24.4. The Kier molecular flexibility index (Phi) is 6.70. The molecule has 1 aliphatic heterocycles. The number of para-hydroxylation sites is 1. The average Bonchev–Trinajstić information content (AvgIpc) is 3.13. The Morgan fingerprint density at radius 2 is 1.88 bits per heavy atom. The van der Waals surface area contributed by atoms with Gasteiger partial charge < -0.3 is 14.4 Å². The summed E-state index contributed by atoms with van der Waals surface area (Å²) in [4.78, 5) is 33.8. The molecule has 176 valence electrons. The molecule has 0 N–H and O–H groups in total. The van der Waals surface area contributed by atoms with Gasteiger partial charge in [0, 0.05) is 25.3 Å². The van der Waals surface area contributed by atoms with Crippen molar-refractivity contribution < 1.29 is 14.3 Å². The molecule has 0 radical (unpaired) electrons. The molecule has 1 atom stereocenters. The summed E-state index contributed by atoms with van der Waals surface area (Å²) in [5.41, 5.74) is 3.32. The minimum absolute atomic E-state index is 0.217. The molecule has 2 aromatic carbocycles. The predicted octanol–water partition coefficient (Wildman–Crippen LogP) is 2.87. The predicted molar refractivity (Wildman–Crippen MR) is 134 cm³/mol. The zero-order valence-electron chi connectivity index (χ0n) is 19.9. The number of rotatable bonds is 6. The third-order valence-electron chi connectivity index (χ3n) is 5.66. The topological polar surface area (TPSA) is 73.1 Å². The number of hydrogen-bond donors (Lipinski definition) is 0. The van der Waals surface area contributed by atoms with Crippen molar-refractivity contribution >= 4 is 29.1 Å². The fraction of sp³-hybridized carbons (Fsp3) is 0.269. The standard InChI is InChI=1S/C26H27N3O4S/c1-6-33-25(31)22-16(2)27-26-29(23(22)19-9-7-8-10-20(19)32-5)24(30)21(34-26)15-17-11-13-18(14-12-17)28(3)4/h7-15,23H,6H2,1-5H3/b21-15-. The van der Waals surface area contributed by atoms with E-state index in [1.54, 1.807) is 25.5 Å². The molecule has 4 rings (SSSR count). The number of benzene rings is 2. The van der Waals surface area contributed by atoms with E-state index in [0.717, 1.165) is 11.3 Å². The first-order valence-electron chi connectivity index (χ1n) is 11.0. The highest BCUT2D eigenvalue weighted by Gasteiger charge is 2.34. The second-order valence-corrected chi connectivity index (χ2v) is 9.04. The summed E-state index contributed by atoms with van der Waals surface area (Å²) >= 11 is 1.30. The highest BCUT2D eigenvalue weighted by Crippen LogP contribution is 2.35. The number of anilines is 1. The number of carbonyl (C=O) groups is 1. The summed E-state index contributed by atoms with van der Waals surface area (Å²) in [6.45, 7) is 3.75. The van der Waals surface area contributed by atoms with Gasteiger partial charge in [-0.3, -0.25) is 9.36 Å². The molecule has 3 aromatic rings. The summed E-state index contributed by atoms with van der Waals surface area (Å²) in [7, 11) is 5.53. The zero-order valence-corrected chi connectivity index (χ0v) is 20.7. The maximum Gasteiger partial charge on any atom is 0.338 e. The lowest BCUT2D eigenvalue weighted by atomic mass is 9.95. The molecule has 1 unspecified atom stereocenters. The molecule has 2 heterocycles. The van der Waals surface area contributed by atoms with Gasteiger partial charge >= 0.3 is 5.97 Å². The van der Waals surface area contributed by atoms with Crippen molar-refractivity contribution in [3.8, 4) is 5.75 Å². The van der Waals surface area contributed by atoms with Gasteiger partial charge in [0.05, 0.1) is 29.5 Å². The first kappa shape index (κ1) is 23.5. The molecule has 34 heavy (non-hydrogen) atoms. The highest BCUT2D eigenvalue weighted by atomic mass is 32.1. The molecule has 0 bridgehead atoms. The number of carbonyl (C=O) groups excluding carboxylic acids is 1. The third kappa shape index (κ3) is 4.28. The van der Waals surface area contributed by atoms with Crippen LogP contribution < -0.4 is 24.5 Å². The van der Waals surface area contributed by atoms with E-state index in [1.165, 1.54) is 11.3 Å². The number of allylic oxidation sites excluding steroid dienone is 1. The van der Waals surface area contributed by atoms with Gasteiger partial charge in [-0.2, -0.15) is 0 Å². The largest absolute Gasteiger partial charge is 0.496 e. The molecule has 8 heteroatoms. The van der Waals surface area contributed by atoms with Crippen molar-refractivity contribution in [3.63, 3.8) is 0 Å². The number of thiazole rings is 1. The number of fused-ring (bicyclic) bond motifs is 1. The van der Waals surface area contributed by atoms with Crippen molar-refractivity contribution in [2.75, 3.05) is 32.7 Å². The van der Waals surface area contributed by atoms with Crippen molar-refractivity contribution in [1.82, 2.24) is 4.57 Å². The maximum absolute atomic E-state index is 13.7. The molecule has 1 aromatic heterocycles. The van der Waals surface area contributed by atoms with Gasteiger partial charge in [0.25, 0.3) is 5.56 Å². The van der Waals surface area contributed by atoms with Gasteiger partial charge in [0.15, 0.2) is 4.80 Å². The molecule has 0 fully saturated rings. The minimum Gasteiger partial charge on any atom is -0.496 e. The van der Waals surface area contributed by atoms with Gasteiger partial charge in [0.1, 0.15) is 11.8 Å². The smallest absolute Gasteiger partial charge is 0.338 e. The quantitative estimate of drug-likeness (QED) is 0.511. The molecule has 0 saturated heterocycles. The van der Waals surface area contributed by atoms with Crippen LogP contribution in [0.25, 0.3) is 6.08 Å². The first-order chi connectivity index (χ1) is 16.3. The normalized spacial score (nSPS) is 15.6. The second-order valence-electron chi connectivity index (χ2n) is 8.03. The summed E-state index contributed by atoms with van der Waals surface area (Å²) in [6, 6.07) is 14.6. The third-order valence-corrected chi connectivity index (χ3v) is 6.64. The van der Waals surface area contributed by atoms with E-state index in [1.807, 2.05) is 73.6 Å². The van der Waals surface area contributed by atoms with Gasteiger partial charge in [-0.05, 0) is 43.7 Å². The Hall–Kier alpha value is -3.65. The van der Waals surface area contributed by atoms with Crippen molar-refractivity contribution in [2.45, 2.75) is 19.9 Å². The van der Waals surface area contributed by atoms with Crippen LogP contribution in [0.1, 0.15) is 31.0 Å². The van der Waals surface area contributed by atoms with Crippen LogP contribution in [-0.2, 0) is 9.53 Å².